The number of benzene rings is 3. The van der Waals surface area contributed by atoms with Gasteiger partial charge in [0, 0.05) is 12.1 Å². The van der Waals surface area contributed by atoms with Crippen molar-refractivity contribution >= 4 is 5.91 Å². The fourth-order valence-electron chi connectivity index (χ4n) is 4.12. The standard InChI is InChI=1S/C25H25NO3/c1-17-22-16-24(29-3)23(28-2)15-19(22)13-14-26(17)25(27)21-12-8-7-11-20(21)18-9-5-4-6-10-18/h4-12,15-17H,13-14H2,1-3H3. The van der Waals surface area contributed by atoms with E-state index in [2.05, 4.69) is 6.92 Å². The number of hydrogen-bond donors (Lipinski definition) is 0. The van der Waals surface area contributed by atoms with Gasteiger partial charge in [-0.1, -0.05) is 48.5 Å². The molecule has 3 aromatic carbocycles. The van der Waals surface area contributed by atoms with Gasteiger partial charge >= 0.3 is 0 Å². The number of carbonyl (C=O) groups excluding carboxylic acids is 1. The Bertz CT molecular complexity index is 1030. The third kappa shape index (κ3) is 3.46. The first-order chi connectivity index (χ1) is 14.1. The molecule has 1 heterocycles. The number of nitrogens with zero attached hydrogens (tertiary/aromatic N) is 1. The van der Waals surface area contributed by atoms with Crippen molar-refractivity contribution in [3.05, 3.63) is 83.4 Å². The molecule has 0 aliphatic carbocycles. The highest BCUT2D eigenvalue weighted by Crippen LogP contribution is 2.39. The maximum absolute atomic E-state index is 13.6. The number of carbonyl (C=O) groups is 1. The summed E-state index contributed by atoms with van der Waals surface area (Å²) in [6, 6.07) is 21.9. The first-order valence-electron chi connectivity index (χ1n) is 9.84. The summed E-state index contributed by atoms with van der Waals surface area (Å²) in [6.07, 6.45) is 0.791. The van der Waals surface area contributed by atoms with Crippen LogP contribution in [0.2, 0.25) is 0 Å². The summed E-state index contributed by atoms with van der Waals surface area (Å²) < 4.78 is 10.9. The zero-order valence-electron chi connectivity index (χ0n) is 17.0. The van der Waals surface area contributed by atoms with Crippen molar-refractivity contribution in [2.24, 2.45) is 0 Å². The zero-order valence-corrected chi connectivity index (χ0v) is 17.0. The molecule has 0 bridgehead atoms. The summed E-state index contributed by atoms with van der Waals surface area (Å²) in [5.41, 5.74) is 5.06. The first-order valence-corrected chi connectivity index (χ1v) is 9.84. The molecule has 0 N–H and O–H groups in total. The topological polar surface area (TPSA) is 38.8 Å². The highest BCUT2D eigenvalue weighted by Gasteiger charge is 2.30. The molecule has 0 spiro atoms. The summed E-state index contributed by atoms with van der Waals surface area (Å²) >= 11 is 0. The average Bonchev–Trinajstić information content (AvgIpc) is 2.78. The van der Waals surface area contributed by atoms with Gasteiger partial charge in [0.2, 0.25) is 0 Å². The van der Waals surface area contributed by atoms with Crippen LogP contribution in [-0.4, -0.2) is 31.6 Å². The molecule has 1 atom stereocenters. The normalized spacial score (nSPS) is 15.6. The zero-order chi connectivity index (χ0) is 20.4. The fourth-order valence-corrected chi connectivity index (χ4v) is 4.12. The second-order valence-electron chi connectivity index (χ2n) is 7.24. The fraction of sp³-hybridized carbons (Fsp3) is 0.240. The first kappa shape index (κ1) is 19.1. The quantitative estimate of drug-likeness (QED) is 0.623. The molecule has 0 aromatic heterocycles. The largest absolute Gasteiger partial charge is 0.493 e. The van der Waals surface area contributed by atoms with Crippen molar-refractivity contribution in [3.63, 3.8) is 0 Å². The van der Waals surface area contributed by atoms with Crippen LogP contribution >= 0.6 is 0 Å². The van der Waals surface area contributed by atoms with Gasteiger partial charge in [-0.15, -0.1) is 0 Å². The Morgan fingerprint density at radius 3 is 2.31 bits per heavy atom. The van der Waals surface area contributed by atoms with Crippen LogP contribution in [0, 0.1) is 0 Å². The third-order valence-electron chi connectivity index (χ3n) is 5.69. The SMILES string of the molecule is COc1cc2c(cc1OC)C(C)N(C(=O)c1ccccc1-c1ccccc1)CC2. The van der Waals surface area contributed by atoms with E-state index in [4.69, 9.17) is 9.47 Å². The van der Waals surface area contributed by atoms with E-state index in [9.17, 15) is 4.79 Å². The monoisotopic (exact) mass is 387 g/mol. The molecule has 3 aromatic rings. The average molecular weight is 387 g/mol. The number of methoxy groups -OCH3 is 2. The van der Waals surface area contributed by atoms with E-state index in [0.717, 1.165) is 34.4 Å². The Kier molecular flexibility index (Phi) is 5.26. The summed E-state index contributed by atoms with van der Waals surface area (Å²) in [6.45, 7) is 2.75. The minimum absolute atomic E-state index is 0.0464. The molecule has 1 unspecified atom stereocenters. The molecule has 148 valence electrons. The minimum atomic E-state index is -0.0464. The predicted molar refractivity (Wildman–Crippen MR) is 115 cm³/mol. The van der Waals surface area contributed by atoms with E-state index in [0.29, 0.717) is 12.3 Å². The van der Waals surface area contributed by atoms with Crippen LogP contribution in [0.3, 0.4) is 0 Å². The number of ether oxygens (including phenoxy) is 2. The highest BCUT2D eigenvalue weighted by atomic mass is 16.5. The van der Waals surface area contributed by atoms with Crippen LogP contribution < -0.4 is 9.47 Å². The highest BCUT2D eigenvalue weighted by molar-refractivity contribution is 6.01. The Labute approximate surface area is 171 Å². The van der Waals surface area contributed by atoms with E-state index in [1.165, 1.54) is 5.56 Å². The van der Waals surface area contributed by atoms with Crippen LogP contribution in [0.4, 0.5) is 0 Å². The summed E-state index contributed by atoms with van der Waals surface area (Å²) in [7, 11) is 3.28. The number of fused-ring (bicyclic) bond motifs is 1. The van der Waals surface area contributed by atoms with Gasteiger partial charge in [0.05, 0.1) is 20.3 Å². The Morgan fingerprint density at radius 1 is 0.931 bits per heavy atom. The lowest BCUT2D eigenvalue weighted by molar-refractivity contribution is 0.0678. The van der Waals surface area contributed by atoms with Crippen molar-refractivity contribution in [1.29, 1.82) is 0 Å². The lowest BCUT2D eigenvalue weighted by Gasteiger charge is -2.36. The van der Waals surface area contributed by atoms with E-state index in [1.54, 1.807) is 14.2 Å². The second kappa shape index (κ2) is 8.00. The van der Waals surface area contributed by atoms with Crippen molar-refractivity contribution in [2.45, 2.75) is 19.4 Å². The molecule has 0 radical (unpaired) electrons. The van der Waals surface area contributed by atoms with Crippen LogP contribution in [0.1, 0.15) is 34.5 Å². The summed E-state index contributed by atoms with van der Waals surface area (Å²) in [5, 5.41) is 0. The number of amides is 1. The molecule has 1 aliphatic heterocycles. The second-order valence-corrected chi connectivity index (χ2v) is 7.24. The van der Waals surface area contributed by atoms with Gasteiger partial charge in [0.15, 0.2) is 11.5 Å². The van der Waals surface area contributed by atoms with Crippen LogP contribution in [0.5, 0.6) is 11.5 Å². The molecule has 0 fully saturated rings. The van der Waals surface area contributed by atoms with Gasteiger partial charge in [-0.2, -0.15) is 0 Å². The smallest absolute Gasteiger partial charge is 0.254 e. The molecule has 4 nitrogen and oxygen atoms in total. The van der Waals surface area contributed by atoms with E-state index < -0.39 is 0 Å². The Morgan fingerprint density at radius 2 is 1.59 bits per heavy atom. The molecule has 0 saturated heterocycles. The molecule has 1 aliphatic rings. The van der Waals surface area contributed by atoms with Gasteiger partial charge < -0.3 is 14.4 Å². The molecule has 0 saturated carbocycles. The van der Waals surface area contributed by atoms with Crippen molar-refractivity contribution in [2.75, 3.05) is 20.8 Å². The molecular formula is C25H25NO3. The van der Waals surface area contributed by atoms with Crippen LogP contribution in [-0.2, 0) is 6.42 Å². The molecular weight excluding hydrogens is 362 g/mol. The summed E-state index contributed by atoms with van der Waals surface area (Å²) in [5.74, 6) is 1.47. The van der Waals surface area contributed by atoms with Crippen molar-refractivity contribution in [3.8, 4) is 22.6 Å². The Balaban J connectivity index is 1.70. The van der Waals surface area contributed by atoms with Crippen molar-refractivity contribution in [1.82, 2.24) is 4.90 Å². The van der Waals surface area contributed by atoms with E-state index in [1.807, 2.05) is 71.6 Å². The van der Waals surface area contributed by atoms with Gasteiger partial charge in [-0.25, -0.2) is 0 Å². The van der Waals surface area contributed by atoms with Crippen LogP contribution in [0.15, 0.2) is 66.7 Å². The summed E-state index contributed by atoms with van der Waals surface area (Å²) in [4.78, 5) is 15.5. The lowest BCUT2D eigenvalue weighted by atomic mass is 9.91. The predicted octanol–water partition coefficient (Wildman–Crippen LogP) is 5.13. The molecule has 29 heavy (non-hydrogen) atoms. The van der Waals surface area contributed by atoms with Crippen LogP contribution in [0.25, 0.3) is 11.1 Å². The lowest BCUT2D eigenvalue weighted by Crippen LogP contribution is -2.39. The van der Waals surface area contributed by atoms with E-state index in [-0.39, 0.29) is 11.9 Å². The molecule has 4 rings (SSSR count). The molecule has 4 heteroatoms. The maximum atomic E-state index is 13.6. The molecule has 1 amide bonds. The number of hydrogen-bond acceptors (Lipinski definition) is 3. The third-order valence-corrected chi connectivity index (χ3v) is 5.69. The minimum Gasteiger partial charge on any atom is -0.493 e. The van der Waals surface area contributed by atoms with Gasteiger partial charge in [0.25, 0.3) is 5.91 Å². The van der Waals surface area contributed by atoms with Gasteiger partial charge in [-0.05, 0) is 53.8 Å². The van der Waals surface area contributed by atoms with Gasteiger partial charge in [0.1, 0.15) is 0 Å². The van der Waals surface area contributed by atoms with Crippen molar-refractivity contribution < 1.29 is 14.3 Å². The maximum Gasteiger partial charge on any atom is 0.254 e. The van der Waals surface area contributed by atoms with Gasteiger partial charge in [-0.3, -0.25) is 4.79 Å². The Hall–Kier alpha value is -3.27. The van der Waals surface area contributed by atoms with E-state index >= 15 is 0 Å². The number of rotatable bonds is 4.